The molecule has 0 aliphatic rings. The summed E-state index contributed by atoms with van der Waals surface area (Å²) in [5.74, 6) is 1.76. The van der Waals surface area contributed by atoms with Crippen molar-refractivity contribution < 1.29 is 0 Å². The monoisotopic (exact) mass is 254 g/mol. The second-order valence-electron chi connectivity index (χ2n) is 5.05. The summed E-state index contributed by atoms with van der Waals surface area (Å²) in [6.07, 6.45) is 6.84. The largest absolute Gasteiger partial charge is 0.149 e. The molecule has 0 aliphatic heterocycles. The lowest BCUT2D eigenvalue weighted by molar-refractivity contribution is 0.438. The van der Waals surface area contributed by atoms with Gasteiger partial charge in [-0.15, -0.1) is 11.3 Å². The molecule has 1 heterocycles. The molecule has 0 amide bonds. The molecule has 17 heavy (non-hydrogen) atoms. The number of hydrogen-bond donors (Lipinski definition) is 0. The van der Waals surface area contributed by atoms with E-state index >= 15 is 0 Å². The minimum Gasteiger partial charge on any atom is -0.149 e. The highest BCUT2D eigenvalue weighted by Gasteiger charge is 2.04. The normalized spacial score (nSPS) is 12.1. The van der Waals surface area contributed by atoms with E-state index in [0.717, 1.165) is 11.8 Å². The zero-order chi connectivity index (χ0) is 13.1. The standard InChI is InChI=1S/C14H24S.C2H6/c1-12(2)6-4-7-13(3)9-10-14-8-5-11-15-14;1-2/h5,8,11-13H,4,6-7,9-10H2,1-3H3;1-2H3. The minimum absolute atomic E-state index is 0.870. The first-order valence-corrected chi connectivity index (χ1v) is 8.09. The van der Waals surface area contributed by atoms with Crippen LogP contribution in [-0.2, 0) is 6.42 Å². The van der Waals surface area contributed by atoms with Gasteiger partial charge in [-0.1, -0.05) is 59.9 Å². The first-order valence-electron chi connectivity index (χ1n) is 7.21. The van der Waals surface area contributed by atoms with Gasteiger partial charge in [-0.05, 0) is 36.1 Å². The second-order valence-corrected chi connectivity index (χ2v) is 6.08. The lowest BCUT2D eigenvalue weighted by Crippen LogP contribution is -1.98. The van der Waals surface area contributed by atoms with Crippen LogP contribution in [0.5, 0.6) is 0 Å². The van der Waals surface area contributed by atoms with E-state index in [2.05, 4.69) is 38.3 Å². The Morgan fingerprint density at radius 1 is 1.06 bits per heavy atom. The molecule has 0 saturated heterocycles. The van der Waals surface area contributed by atoms with Gasteiger partial charge >= 0.3 is 0 Å². The highest BCUT2D eigenvalue weighted by molar-refractivity contribution is 7.09. The van der Waals surface area contributed by atoms with Crippen LogP contribution in [0.2, 0.25) is 0 Å². The van der Waals surface area contributed by atoms with E-state index in [1.807, 2.05) is 25.2 Å². The molecule has 0 nitrogen and oxygen atoms in total. The lowest BCUT2D eigenvalue weighted by atomic mass is 9.96. The molecule has 1 rings (SSSR count). The second kappa shape index (κ2) is 10.8. The summed E-state index contributed by atoms with van der Waals surface area (Å²) in [5.41, 5.74) is 0. The predicted molar refractivity (Wildman–Crippen MR) is 81.8 cm³/mol. The van der Waals surface area contributed by atoms with Crippen molar-refractivity contribution in [1.82, 2.24) is 0 Å². The Balaban J connectivity index is 0.00000121. The summed E-state index contributed by atoms with van der Waals surface area (Å²) in [5, 5.41) is 2.18. The Morgan fingerprint density at radius 2 is 1.76 bits per heavy atom. The maximum Gasteiger partial charge on any atom is 0.00453 e. The zero-order valence-corrected chi connectivity index (χ0v) is 13.1. The van der Waals surface area contributed by atoms with Crippen LogP contribution in [0, 0.1) is 11.8 Å². The molecular weight excluding hydrogens is 224 g/mol. The van der Waals surface area contributed by atoms with Gasteiger partial charge in [0, 0.05) is 4.88 Å². The molecule has 0 saturated carbocycles. The number of aryl methyl sites for hydroxylation is 1. The molecule has 100 valence electrons. The summed E-state index contributed by atoms with van der Waals surface area (Å²) in [6.45, 7) is 11.0. The molecule has 1 heteroatoms. The average Bonchev–Trinajstić information content (AvgIpc) is 2.81. The molecule has 0 aromatic carbocycles. The van der Waals surface area contributed by atoms with Crippen LogP contribution in [0.25, 0.3) is 0 Å². The van der Waals surface area contributed by atoms with E-state index < -0.39 is 0 Å². The van der Waals surface area contributed by atoms with Crippen molar-refractivity contribution in [3.63, 3.8) is 0 Å². The Labute approximate surface area is 112 Å². The quantitative estimate of drug-likeness (QED) is 0.546. The fourth-order valence-corrected chi connectivity index (χ4v) is 2.59. The van der Waals surface area contributed by atoms with Crippen LogP contribution in [0.1, 0.15) is 65.2 Å². The van der Waals surface area contributed by atoms with E-state index in [4.69, 9.17) is 0 Å². The first-order chi connectivity index (χ1) is 8.18. The van der Waals surface area contributed by atoms with Crippen molar-refractivity contribution in [1.29, 1.82) is 0 Å². The van der Waals surface area contributed by atoms with Crippen molar-refractivity contribution in [3.05, 3.63) is 22.4 Å². The maximum atomic E-state index is 2.40. The van der Waals surface area contributed by atoms with E-state index in [1.54, 1.807) is 4.88 Å². The van der Waals surface area contributed by atoms with Crippen molar-refractivity contribution in [2.24, 2.45) is 11.8 Å². The van der Waals surface area contributed by atoms with Gasteiger partial charge in [-0.2, -0.15) is 0 Å². The number of hydrogen-bond acceptors (Lipinski definition) is 1. The van der Waals surface area contributed by atoms with E-state index in [1.165, 1.54) is 32.1 Å². The van der Waals surface area contributed by atoms with Gasteiger partial charge < -0.3 is 0 Å². The van der Waals surface area contributed by atoms with Gasteiger partial charge in [-0.25, -0.2) is 0 Å². The minimum atomic E-state index is 0.870. The van der Waals surface area contributed by atoms with Gasteiger partial charge in [0.15, 0.2) is 0 Å². The predicted octanol–water partition coefficient (Wildman–Crippen LogP) is 6.17. The van der Waals surface area contributed by atoms with Crippen molar-refractivity contribution in [3.8, 4) is 0 Å². The molecule has 0 N–H and O–H groups in total. The topological polar surface area (TPSA) is 0 Å². The fraction of sp³-hybridized carbons (Fsp3) is 0.750. The SMILES string of the molecule is CC.CC(C)CCCC(C)CCc1cccs1. The Bertz CT molecular complexity index is 236. The summed E-state index contributed by atoms with van der Waals surface area (Å²) in [4.78, 5) is 1.55. The van der Waals surface area contributed by atoms with Crippen molar-refractivity contribution in [2.45, 2.75) is 66.7 Å². The van der Waals surface area contributed by atoms with Gasteiger partial charge in [0.2, 0.25) is 0 Å². The van der Waals surface area contributed by atoms with Gasteiger partial charge in [0.25, 0.3) is 0 Å². The van der Waals surface area contributed by atoms with Gasteiger partial charge in [0.05, 0.1) is 0 Å². The van der Waals surface area contributed by atoms with Crippen LogP contribution in [0.15, 0.2) is 17.5 Å². The van der Waals surface area contributed by atoms with Crippen molar-refractivity contribution in [2.75, 3.05) is 0 Å². The first kappa shape index (κ1) is 16.7. The molecule has 0 bridgehead atoms. The van der Waals surface area contributed by atoms with Crippen LogP contribution < -0.4 is 0 Å². The summed E-state index contributed by atoms with van der Waals surface area (Å²) in [6, 6.07) is 4.41. The highest BCUT2D eigenvalue weighted by Crippen LogP contribution is 2.19. The molecule has 1 aromatic heterocycles. The van der Waals surface area contributed by atoms with Crippen molar-refractivity contribution >= 4 is 11.3 Å². The lowest BCUT2D eigenvalue weighted by Gasteiger charge is -2.11. The molecule has 0 radical (unpaired) electrons. The van der Waals surface area contributed by atoms with E-state index in [-0.39, 0.29) is 0 Å². The Kier molecular flexibility index (Phi) is 10.6. The summed E-state index contributed by atoms with van der Waals surface area (Å²) < 4.78 is 0. The van der Waals surface area contributed by atoms with E-state index in [9.17, 15) is 0 Å². The maximum absolute atomic E-state index is 2.40. The summed E-state index contributed by atoms with van der Waals surface area (Å²) >= 11 is 1.89. The van der Waals surface area contributed by atoms with Gasteiger partial charge in [0.1, 0.15) is 0 Å². The molecule has 1 atom stereocenters. The smallest absolute Gasteiger partial charge is 0.00453 e. The van der Waals surface area contributed by atoms with Crippen LogP contribution >= 0.6 is 11.3 Å². The summed E-state index contributed by atoms with van der Waals surface area (Å²) in [7, 11) is 0. The number of rotatable bonds is 7. The van der Waals surface area contributed by atoms with Gasteiger partial charge in [-0.3, -0.25) is 0 Å². The molecule has 0 spiro atoms. The van der Waals surface area contributed by atoms with Crippen LogP contribution in [0.3, 0.4) is 0 Å². The van der Waals surface area contributed by atoms with E-state index in [0.29, 0.717) is 0 Å². The fourth-order valence-electron chi connectivity index (χ4n) is 1.86. The third-order valence-electron chi connectivity index (χ3n) is 2.94. The average molecular weight is 254 g/mol. The van der Waals surface area contributed by atoms with Crippen LogP contribution in [-0.4, -0.2) is 0 Å². The number of thiophene rings is 1. The molecule has 0 fully saturated rings. The molecule has 0 aliphatic carbocycles. The Morgan fingerprint density at radius 3 is 2.29 bits per heavy atom. The molecule has 1 unspecified atom stereocenters. The zero-order valence-electron chi connectivity index (χ0n) is 12.3. The highest BCUT2D eigenvalue weighted by atomic mass is 32.1. The third-order valence-corrected chi connectivity index (χ3v) is 3.88. The molecule has 1 aromatic rings. The van der Waals surface area contributed by atoms with Crippen LogP contribution in [0.4, 0.5) is 0 Å². The Hall–Kier alpha value is -0.300. The third kappa shape index (κ3) is 9.41. The molecular formula is C16H30S.